The van der Waals surface area contributed by atoms with Gasteiger partial charge < -0.3 is 0 Å². The summed E-state index contributed by atoms with van der Waals surface area (Å²) in [5.74, 6) is -4.59. The summed E-state index contributed by atoms with van der Waals surface area (Å²) < 4.78 is 63.0. The van der Waals surface area contributed by atoms with Gasteiger partial charge in [-0.05, 0) is 37.3 Å². The van der Waals surface area contributed by atoms with Gasteiger partial charge in [0, 0.05) is 0 Å². The van der Waals surface area contributed by atoms with Crippen LogP contribution in [0.25, 0.3) is 0 Å². The van der Waals surface area contributed by atoms with Crippen molar-refractivity contribution in [3.8, 4) is 0 Å². The number of halogens is 3. The summed E-state index contributed by atoms with van der Waals surface area (Å²) in [5, 5.41) is 0. The summed E-state index contributed by atoms with van der Waals surface area (Å²) in [6.07, 6.45) is 1.01. The van der Waals surface area contributed by atoms with Gasteiger partial charge in [-0.2, -0.15) is 0 Å². The van der Waals surface area contributed by atoms with E-state index in [4.69, 9.17) is 0 Å². The Morgan fingerprint density at radius 2 is 1.76 bits per heavy atom. The Kier molecular flexibility index (Phi) is 1.86. The van der Waals surface area contributed by atoms with Gasteiger partial charge in [0.1, 0.15) is 4.90 Å². The lowest BCUT2D eigenvalue weighted by molar-refractivity contribution is 0.430. The highest BCUT2D eigenvalue weighted by Crippen LogP contribution is 2.73. The summed E-state index contributed by atoms with van der Waals surface area (Å²) in [7, 11) is -3.87. The van der Waals surface area contributed by atoms with E-state index in [1.807, 2.05) is 0 Å². The first-order valence-corrected chi connectivity index (χ1v) is 6.68. The van der Waals surface area contributed by atoms with Crippen LogP contribution in [0, 0.1) is 30.3 Å². The minimum atomic E-state index is -3.87. The SMILES string of the molecule is Cc1cc(F)c(F)c(F)c1S(=O)(=O)C12CC1C2. The number of aryl methyl sites for hydroxylation is 1. The maximum atomic E-state index is 13.6. The van der Waals surface area contributed by atoms with Crippen LogP contribution < -0.4 is 0 Å². The fraction of sp³-hybridized carbons (Fsp3) is 0.455. The van der Waals surface area contributed by atoms with Crippen LogP contribution in [0.2, 0.25) is 0 Å². The molecule has 0 N–H and O–H groups in total. The number of rotatable bonds is 2. The zero-order chi connectivity index (χ0) is 12.6. The van der Waals surface area contributed by atoms with E-state index < -0.39 is 36.9 Å². The van der Waals surface area contributed by atoms with Gasteiger partial charge in [-0.25, -0.2) is 21.6 Å². The molecule has 17 heavy (non-hydrogen) atoms. The highest BCUT2D eigenvalue weighted by Gasteiger charge is 2.78. The summed E-state index contributed by atoms with van der Waals surface area (Å²) in [4.78, 5) is -0.670. The number of benzene rings is 1. The zero-order valence-electron chi connectivity index (χ0n) is 8.93. The van der Waals surface area contributed by atoms with E-state index in [9.17, 15) is 21.6 Å². The molecule has 2 fully saturated rings. The van der Waals surface area contributed by atoms with Crippen molar-refractivity contribution in [2.45, 2.75) is 29.4 Å². The summed E-state index contributed by atoms with van der Waals surface area (Å²) in [6.45, 7) is 1.27. The Morgan fingerprint density at radius 3 is 2.24 bits per heavy atom. The van der Waals surface area contributed by atoms with Crippen molar-refractivity contribution in [2.75, 3.05) is 0 Å². The van der Waals surface area contributed by atoms with Crippen molar-refractivity contribution in [1.29, 1.82) is 0 Å². The molecular weight excluding hydrogens is 253 g/mol. The van der Waals surface area contributed by atoms with Crippen molar-refractivity contribution in [3.05, 3.63) is 29.1 Å². The third-order valence-corrected chi connectivity index (χ3v) is 6.49. The van der Waals surface area contributed by atoms with Gasteiger partial charge in [0.15, 0.2) is 27.3 Å². The van der Waals surface area contributed by atoms with Crippen LogP contribution in [0.5, 0.6) is 0 Å². The Labute approximate surface area is 96.4 Å². The molecule has 0 heterocycles. The van der Waals surface area contributed by atoms with Crippen LogP contribution in [0.1, 0.15) is 18.4 Å². The average molecular weight is 262 g/mol. The minimum Gasteiger partial charge on any atom is -0.223 e. The van der Waals surface area contributed by atoms with Crippen LogP contribution in [0.15, 0.2) is 11.0 Å². The molecule has 0 spiro atoms. The van der Waals surface area contributed by atoms with E-state index in [0.29, 0.717) is 12.8 Å². The van der Waals surface area contributed by atoms with Crippen LogP contribution in [-0.2, 0) is 9.84 Å². The van der Waals surface area contributed by atoms with E-state index in [1.54, 1.807) is 0 Å². The lowest BCUT2D eigenvalue weighted by Gasteiger charge is -2.11. The largest absolute Gasteiger partial charge is 0.223 e. The molecule has 2 aliphatic rings. The molecule has 0 radical (unpaired) electrons. The molecule has 92 valence electrons. The third-order valence-electron chi connectivity index (χ3n) is 3.71. The van der Waals surface area contributed by atoms with Crippen LogP contribution in [-0.4, -0.2) is 13.2 Å². The van der Waals surface area contributed by atoms with E-state index in [-0.39, 0.29) is 11.5 Å². The molecule has 0 bridgehead atoms. The third kappa shape index (κ3) is 1.19. The standard InChI is InChI=1S/C11H9F3O2S/c1-5-2-7(12)8(13)9(14)10(5)17(15,16)11-3-6(11)4-11/h2,6H,3-4H2,1H3. The molecule has 6 heteroatoms. The molecule has 0 saturated heterocycles. The first kappa shape index (κ1) is 11.1. The molecule has 3 rings (SSSR count). The minimum absolute atomic E-state index is 0.0756. The molecule has 1 aromatic rings. The highest BCUT2D eigenvalue weighted by molar-refractivity contribution is 7.93. The molecule has 2 nitrogen and oxygen atoms in total. The second-order valence-electron chi connectivity index (χ2n) is 4.81. The van der Waals surface area contributed by atoms with E-state index in [1.165, 1.54) is 6.92 Å². The number of hydrogen-bond donors (Lipinski definition) is 0. The Bertz CT molecular complexity index is 631. The lowest BCUT2D eigenvalue weighted by atomic mass is 10.2. The quantitative estimate of drug-likeness (QED) is 0.605. The van der Waals surface area contributed by atoms with Gasteiger partial charge in [0.2, 0.25) is 0 Å². The van der Waals surface area contributed by atoms with Crippen LogP contribution in [0.4, 0.5) is 13.2 Å². The van der Waals surface area contributed by atoms with Gasteiger partial charge in [0.25, 0.3) is 0 Å². The summed E-state index contributed by atoms with van der Waals surface area (Å²) in [5.41, 5.74) is -0.0756. The fourth-order valence-corrected chi connectivity index (χ4v) is 4.82. The topological polar surface area (TPSA) is 34.1 Å². The van der Waals surface area contributed by atoms with E-state index >= 15 is 0 Å². The Morgan fingerprint density at radius 1 is 1.24 bits per heavy atom. The molecule has 0 unspecified atom stereocenters. The number of fused-ring (bicyclic) bond motifs is 1. The predicted molar refractivity (Wildman–Crippen MR) is 53.7 cm³/mol. The second-order valence-corrected chi connectivity index (χ2v) is 7.03. The second kappa shape index (κ2) is 2.85. The van der Waals surface area contributed by atoms with Gasteiger partial charge in [-0.1, -0.05) is 0 Å². The maximum Gasteiger partial charge on any atom is 0.195 e. The van der Waals surface area contributed by atoms with Crippen molar-refractivity contribution in [1.82, 2.24) is 0 Å². The molecule has 0 aromatic heterocycles. The van der Waals surface area contributed by atoms with Gasteiger partial charge >= 0.3 is 0 Å². The van der Waals surface area contributed by atoms with Crippen LogP contribution >= 0.6 is 0 Å². The predicted octanol–water partition coefficient (Wildman–Crippen LogP) is 2.35. The first-order chi connectivity index (χ1) is 7.81. The molecule has 2 saturated carbocycles. The molecule has 0 aliphatic heterocycles. The summed E-state index contributed by atoms with van der Waals surface area (Å²) >= 11 is 0. The monoisotopic (exact) mass is 262 g/mol. The van der Waals surface area contributed by atoms with E-state index in [2.05, 4.69) is 0 Å². The smallest absolute Gasteiger partial charge is 0.195 e. The van der Waals surface area contributed by atoms with Crippen LogP contribution in [0.3, 0.4) is 0 Å². The molecular formula is C11H9F3O2S. The molecule has 0 atom stereocenters. The zero-order valence-corrected chi connectivity index (χ0v) is 9.74. The van der Waals surface area contributed by atoms with Crippen molar-refractivity contribution in [2.24, 2.45) is 5.92 Å². The molecule has 2 aliphatic carbocycles. The Balaban J connectivity index is 2.25. The highest BCUT2D eigenvalue weighted by atomic mass is 32.2. The molecule has 0 amide bonds. The van der Waals surface area contributed by atoms with E-state index in [0.717, 1.165) is 6.07 Å². The normalized spacial score (nSPS) is 30.0. The lowest BCUT2D eigenvalue weighted by Crippen LogP contribution is -2.18. The maximum absolute atomic E-state index is 13.6. The summed E-state index contributed by atoms with van der Waals surface area (Å²) in [6, 6.07) is 0.724. The average Bonchev–Trinajstić information content (AvgIpc) is 3.00. The van der Waals surface area contributed by atoms with Crippen molar-refractivity contribution >= 4 is 9.84 Å². The van der Waals surface area contributed by atoms with Crippen molar-refractivity contribution < 1.29 is 21.6 Å². The number of sulfone groups is 1. The molecule has 1 aromatic carbocycles. The Hall–Kier alpha value is -1.04. The van der Waals surface area contributed by atoms with Crippen molar-refractivity contribution in [3.63, 3.8) is 0 Å². The van der Waals surface area contributed by atoms with Gasteiger partial charge in [0.05, 0.1) is 4.75 Å². The number of hydrogen-bond acceptors (Lipinski definition) is 2. The first-order valence-electron chi connectivity index (χ1n) is 5.20. The van der Waals surface area contributed by atoms with Gasteiger partial charge in [-0.3, -0.25) is 0 Å². The van der Waals surface area contributed by atoms with Gasteiger partial charge in [-0.15, -0.1) is 0 Å². The fourth-order valence-electron chi connectivity index (χ4n) is 2.33.